The molecule has 0 aliphatic carbocycles. The van der Waals surface area contributed by atoms with Crippen molar-refractivity contribution in [2.75, 3.05) is 7.11 Å². The fourth-order valence-electron chi connectivity index (χ4n) is 2.23. The van der Waals surface area contributed by atoms with Gasteiger partial charge in [-0.1, -0.05) is 18.2 Å². The predicted octanol–water partition coefficient (Wildman–Crippen LogP) is 1.20. The molecule has 0 radical (unpaired) electrons. The van der Waals surface area contributed by atoms with E-state index in [1.54, 1.807) is 25.4 Å². The minimum absolute atomic E-state index is 0.186. The number of pyridine rings is 1. The molecule has 3 aromatic rings. The Balaban J connectivity index is 1.87. The molecule has 1 unspecified atom stereocenters. The Morgan fingerprint density at radius 2 is 2.00 bits per heavy atom. The first-order chi connectivity index (χ1) is 10.2. The zero-order valence-electron chi connectivity index (χ0n) is 11.6. The minimum Gasteiger partial charge on any atom is -0.497 e. The Labute approximate surface area is 121 Å². The number of nitrogens with zero attached hydrogens (tertiary/aromatic N) is 3. The average Bonchev–Trinajstić information content (AvgIpc) is 2.84. The molecule has 0 spiro atoms. The van der Waals surface area contributed by atoms with Gasteiger partial charge in [0, 0.05) is 12.2 Å². The molecule has 2 aromatic heterocycles. The summed E-state index contributed by atoms with van der Waals surface area (Å²) >= 11 is 0. The van der Waals surface area contributed by atoms with E-state index in [1.165, 1.54) is 9.08 Å². The lowest BCUT2D eigenvalue weighted by atomic mass is 10.1. The van der Waals surface area contributed by atoms with Crippen molar-refractivity contribution in [3.8, 4) is 5.75 Å². The van der Waals surface area contributed by atoms with E-state index >= 15 is 0 Å². The largest absolute Gasteiger partial charge is 0.497 e. The summed E-state index contributed by atoms with van der Waals surface area (Å²) < 4.78 is 8.01. The van der Waals surface area contributed by atoms with Gasteiger partial charge in [0.15, 0.2) is 5.65 Å². The molecule has 0 fully saturated rings. The summed E-state index contributed by atoms with van der Waals surface area (Å²) in [6.45, 7) is 0.326. The third-order valence-electron chi connectivity index (χ3n) is 3.40. The van der Waals surface area contributed by atoms with E-state index in [2.05, 4.69) is 5.10 Å². The maximum Gasteiger partial charge on any atom is 0.350 e. The van der Waals surface area contributed by atoms with Crippen LogP contribution in [-0.4, -0.2) is 21.3 Å². The number of rotatable bonds is 4. The van der Waals surface area contributed by atoms with E-state index in [9.17, 15) is 4.79 Å². The van der Waals surface area contributed by atoms with Crippen molar-refractivity contribution in [1.82, 2.24) is 14.2 Å². The van der Waals surface area contributed by atoms with Gasteiger partial charge in [-0.05, 0) is 29.8 Å². The van der Waals surface area contributed by atoms with E-state index in [0.717, 1.165) is 11.3 Å². The van der Waals surface area contributed by atoms with Gasteiger partial charge < -0.3 is 10.5 Å². The molecule has 2 heterocycles. The van der Waals surface area contributed by atoms with Gasteiger partial charge in [-0.15, -0.1) is 5.10 Å². The van der Waals surface area contributed by atoms with Gasteiger partial charge in [0.2, 0.25) is 0 Å². The van der Waals surface area contributed by atoms with Gasteiger partial charge in [0.25, 0.3) is 0 Å². The summed E-state index contributed by atoms with van der Waals surface area (Å²) in [6, 6.07) is 12.6. The molecule has 1 atom stereocenters. The van der Waals surface area contributed by atoms with Crippen LogP contribution >= 0.6 is 0 Å². The fraction of sp³-hybridized carbons (Fsp3) is 0.200. The quantitative estimate of drug-likeness (QED) is 0.781. The van der Waals surface area contributed by atoms with Crippen molar-refractivity contribution in [1.29, 1.82) is 0 Å². The number of hydrogen-bond acceptors (Lipinski definition) is 4. The second-order valence-electron chi connectivity index (χ2n) is 4.77. The number of hydrogen-bond donors (Lipinski definition) is 1. The lowest BCUT2D eigenvalue weighted by Gasteiger charge is -2.11. The highest BCUT2D eigenvalue weighted by Gasteiger charge is 2.12. The van der Waals surface area contributed by atoms with Crippen molar-refractivity contribution < 1.29 is 4.74 Å². The van der Waals surface area contributed by atoms with Crippen LogP contribution in [0.2, 0.25) is 0 Å². The molecule has 0 saturated heterocycles. The van der Waals surface area contributed by atoms with Crippen LogP contribution in [0.4, 0.5) is 0 Å². The average molecular weight is 284 g/mol. The molecule has 0 amide bonds. The second-order valence-corrected chi connectivity index (χ2v) is 4.77. The van der Waals surface area contributed by atoms with Crippen LogP contribution in [0.25, 0.3) is 5.65 Å². The SMILES string of the molecule is COc1ccc(C(N)Cn2nc3ccccn3c2=O)cc1. The van der Waals surface area contributed by atoms with Crippen molar-refractivity contribution in [2.24, 2.45) is 5.73 Å². The Hall–Kier alpha value is -2.60. The zero-order valence-corrected chi connectivity index (χ0v) is 11.6. The lowest BCUT2D eigenvalue weighted by Crippen LogP contribution is -2.27. The van der Waals surface area contributed by atoms with Crippen molar-refractivity contribution in [3.05, 3.63) is 64.7 Å². The smallest absolute Gasteiger partial charge is 0.350 e. The van der Waals surface area contributed by atoms with E-state index in [4.69, 9.17) is 10.5 Å². The second kappa shape index (κ2) is 5.41. The molecular weight excluding hydrogens is 268 g/mol. The lowest BCUT2D eigenvalue weighted by molar-refractivity contribution is 0.414. The van der Waals surface area contributed by atoms with Gasteiger partial charge in [-0.2, -0.15) is 0 Å². The molecule has 0 aliphatic heterocycles. The molecule has 6 heteroatoms. The highest BCUT2D eigenvalue weighted by Crippen LogP contribution is 2.16. The summed E-state index contributed by atoms with van der Waals surface area (Å²) in [5.74, 6) is 0.774. The highest BCUT2D eigenvalue weighted by atomic mass is 16.5. The third-order valence-corrected chi connectivity index (χ3v) is 3.40. The van der Waals surface area contributed by atoms with Crippen molar-refractivity contribution in [3.63, 3.8) is 0 Å². The van der Waals surface area contributed by atoms with Crippen LogP contribution in [0.5, 0.6) is 5.75 Å². The monoisotopic (exact) mass is 284 g/mol. The molecule has 0 saturated carbocycles. The number of nitrogens with two attached hydrogens (primary N) is 1. The van der Waals surface area contributed by atoms with Crippen LogP contribution in [0, 0.1) is 0 Å². The normalized spacial score (nSPS) is 12.5. The first-order valence-electron chi connectivity index (χ1n) is 6.63. The molecule has 2 N–H and O–H groups in total. The van der Waals surface area contributed by atoms with E-state index in [-0.39, 0.29) is 11.7 Å². The van der Waals surface area contributed by atoms with Crippen LogP contribution in [0.15, 0.2) is 53.5 Å². The van der Waals surface area contributed by atoms with Gasteiger partial charge in [0.05, 0.1) is 13.7 Å². The summed E-state index contributed by atoms with van der Waals surface area (Å²) in [7, 11) is 1.62. The zero-order chi connectivity index (χ0) is 14.8. The molecular formula is C15H16N4O2. The number of methoxy groups -OCH3 is 1. The van der Waals surface area contributed by atoms with Gasteiger partial charge in [0.1, 0.15) is 5.75 Å². The Bertz CT molecular complexity index is 804. The van der Waals surface area contributed by atoms with Crippen LogP contribution < -0.4 is 16.2 Å². The van der Waals surface area contributed by atoms with Crippen LogP contribution in [0.1, 0.15) is 11.6 Å². The van der Waals surface area contributed by atoms with E-state index in [0.29, 0.717) is 12.2 Å². The summed E-state index contributed by atoms with van der Waals surface area (Å²) in [6.07, 6.45) is 1.69. The first-order valence-corrected chi connectivity index (χ1v) is 6.63. The van der Waals surface area contributed by atoms with Gasteiger partial charge in [-0.25, -0.2) is 9.48 Å². The number of fused-ring (bicyclic) bond motifs is 1. The number of ether oxygens (including phenoxy) is 1. The molecule has 0 bridgehead atoms. The standard InChI is InChI=1S/C15H16N4O2/c1-21-12-7-5-11(6-8-12)13(16)10-19-15(20)18-9-3-2-4-14(18)17-19/h2-9,13H,10,16H2,1H3. The van der Waals surface area contributed by atoms with Gasteiger partial charge >= 0.3 is 5.69 Å². The molecule has 0 aliphatic rings. The summed E-state index contributed by atoms with van der Waals surface area (Å²) in [5, 5.41) is 4.27. The van der Waals surface area contributed by atoms with Crippen LogP contribution in [-0.2, 0) is 6.54 Å². The van der Waals surface area contributed by atoms with E-state index < -0.39 is 0 Å². The topological polar surface area (TPSA) is 74.6 Å². The molecule has 6 nitrogen and oxygen atoms in total. The Kier molecular flexibility index (Phi) is 3.45. The number of benzene rings is 1. The molecule has 108 valence electrons. The minimum atomic E-state index is -0.307. The Morgan fingerprint density at radius 1 is 1.24 bits per heavy atom. The molecule has 3 rings (SSSR count). The Morgan fingerprint density at radius 3 is 2.67 bits per heavy atom. The maximum absolute atomic E-state index is 12.2. The summed E-state index contributed by atoms with van der Waals surface area (Å²) in [5.41, 5.74) is 7.52. The van der Waals surface area contributed by atoms with Crippen molar-refractivity contribution in [2.45, 2.75) is 12.6 Å². The first kappa shape index (κ1) is 13.4. The highest BCUT2D eigenvalue weighted by molar-refractivity contribution is 5.35. The summed E-state index contributed by atoms with van der Waals surface area (Å²) in [4.78, 5) is 12.2. The van der Waals surface area contributed by atoms with Crippen LogP contribution in [0.3, 0.4) is 0 Å². The number of aromatic nitrogens is 3. The molecule has 21 heavy (non-hydrogen) atoms. The predicted molar refractivity (Wildman–Crippen MR) is 79.4 cm³/mol. The fourth-order valence-corrected chi connectivity index (χ4v) is 2.23. The van der Waals surface area contributed by atoms with Gasteiger partial charge in [-0.3, -0.25) is 4.40 Å². The van der Waals surface area contributed by atoms with Crippen molar-refractivity contribution >= 4 is 5.65 Å². The third kappa shape index (κ3) is 2.53. The molecule has 1 aromatic carbocycles. The maximum atomic E-state index is 12.2. The van der Waals surface area contributed by atoms with E-state index in [1.807, 2.05) is 30.3 Å².